The van der Waals surface area contributed by atoms with Gasteiger partial charge in [0.25, 0.3) is 0 Å². The normalized spacial score (nSPS) is 11.3. The molecule has 0 atom stereocenters. The summed E-state index contributed by atoms with van der Waals surface area (Å²) in [6.45, 7) is 7.30. The fourth-order valence-corrected chi connectivity index (χ4v) is 2.08. The molecule has 0 aliphatic rings. The van der Waals surface area contributed by atoms with Crippen LogP contribution in [0.1, 0.15) is 48.0 Å². The van der Waals surface area contributed by atoms with Gasteiger partial charge in [0.05, 0.1) is 0 Å². The van der Waals surface area contributed by atoms with Crippen molar-refractivity contribution in [1.82, 2.24) is 10.2 Å². The number of nitrogens with zero attached hydrogens (tertiary/aromatic N) is 2. The van der Waals surface area contributed by atoms with Crippen molar-refractivity contribution in [3.63, 3.8) is 0 Å². The summed E-state index contributed by atoms with van der Waals surface area (Å²) in [6, 6.07) is 9.85. The van der Waals surface area contributed by atoms with E-state index in [4.69, 9.17) is 10.5 Å². The number of ether oxygens (including phenoxy) is 1. The average Bonchev–Trinajstić information content (AvgIpc) is 2.43. The van der Waals surface area contributed by atoms with E-state index in [-0.39, 0.29) is 5.69 Å². The quantitative estimate of drug-likeness (QED) is 0.882. The van der Waals surface area contributed by atoms with Gasteiger partial charge in [-0.25, -0.2) is 4.79 Å². The summed E-state index contributed by atoms with van der Waals surface area (Å²) in [4.78, 5) is 12.4. The standard InChI is InChI=1S/C17H21N3O2/c1-11-13(10-12-8-6-5-7-9-12)14(19-20-15(11)18)16(21)22-17(2,3)4/h5-9H,10H2,1-4H3,(H2,18,20). The van der Waals surface area contributed by atoms with Crippen molar-refractivity contribution in [2.24, 2.45) is 0 Å². The molecule has 0 spiro atoms. The first-order valence-corrected chi connectivity index (χ1v) is 7.17. The van der Waals surface area contributed by atoms with Crippen LogP contribution in [0.15, 0.2) is 30.3 Å². The van der Waals surface area contributed by atoms with E-state index in [0.29, 0.717) is 12.2 Å². The highest BCUT2D eigenvalue weighted by Gasteiger charge is 2.24. The highest BCUT2D eigenvalue weighted by atomic mass is 16.6. The maximum Gasteiger partial charge on any atom is 0.359 e. The van der Waals surface area contributed by atoms with Crippen molar-refractivity contribution in [2.45, 2.75) is 39.7 Å². The van der Waals surface area contributed by atoms with Crippen molar-refractivity contribution < 1.29 is 9.53 Å². The highest BCUT2D eigenvalue weighted by molar-refractivity contribution is 5.90. The minimum atomic E-state index is -0.585. The number of carbonyl (C=O) groups is 1. The van der Waals surface area contributed by atoms with Gasteiger partial charge in [0, 0.05) is 6.42 Å². The molecule has 0 bridgehead atoms. The Kier molecular flexibility index (Phi) is 4.45. The monoisotopic (exact) mass is 299 g/mol. The zero-order chi connectivity index (χ0) is 16.3. The Hall–Kier alpha value is -2.43. The van der Waals surface area contributed by atoms with Gasteiger partial charge in [0.1, 0.15) is 11.4 Å². The number of aromatic nitrogens is 2. The predicted molar refractivity (Wildman–Crippen MR) is 85.6 cm³/mol. The van der Waals surface area contributed by atoms with Gasteiger partial charge in [-0.1, -0.05) is 30.3 Å². The lowest BCUT2D eigenvalue weighted by molar-refractivity contribution is 0.00604. The topological polar surface area (TPSA) is 78.1 Å². The molecule has 0 saturated carbocycles. The van der Waals surface area contributed by atoms with Crippen LogP contribution in [0, 0.1) is 6.92 Å². The number of hydrogen-bond donors (Lipinski definition) is 1. The lowest BCUT2D eigenvalue weighted by Gasteiger charge is -2.20. The lowest BCUT2D eigenvalue weighted by atomic mass is 9.99. The number of nitrogens with two attached hydrogens (primary N) is 1. The molecule has 22 heavy (non-hydrogen) atoms. The summed E-state index contributed by atoms with van der Waals surface area (Å²) < 4.78 is 5.41. The molecule has 5 heteroatoms. The van der Waals surface area contributed by atoms with E-state index in [1.165, 1.54) is 0 Å². The molecule has 2 N–H and O–H groups in total. The second-order valence-corrected chi connectivity index (χ2v) is 6.20. The Bertz CT molecular complexity index is 676. The third-order valence-corrected chi connectivity index (χ3v) is 3.20. The van der Waals surface area contributed by atoms with Gasteiger partial charge in [0.15, 0.2) is 5.69 Å². The molecular weight excluding hydrogens is 278 g/mol. The van der Waals surface area contributed by atoms with Crippen LogP contribution in [0.4, 0.5) is 5.82 Å². The zero-order valence-electron chi connectivity index (χ0n) is 13.4. The molecule has 0 saturated heterocycles. The van der Waals surface area contributed by atoms with E-state index in [1.54, 1.807) is 0 Å². The number of nitrogen functional groups attached to an aromatic ring is 1. The van der Waals surface area contributed by atoms with E-state index >= 15 is 0 Å². The average molecular weight is 299 g/mol. The molecule has 0 unspecified atom stereocenters. The molecule has 0 aliphatic carbocycles. The van der Waals surface area contributed by atoms with Crippen LogP contribution >= 0.6 is 0 Å². The summed E-state index contributed by atoms with van der Waals surface area (Å²) in [7, 11) is 0. The van der Waals surface area contributed by atoms with Gasteiger partial charge in [-0.15, -0.1) is 10.2 Å². The van der Waals surface area contributed by atoms with E-state index in [2.05, 4.69) is 10.2 Å². The lowest BCUT2D eigenvalue weighted by Crippen LogP contribution is -2.26. The maximum absolute atomic E-state index is 12.4. The number of benzene rings is 1. The fourth-order valence-electron chi connectivity index (χ4n) is 2.08. The summed E-state index contributed by atoms with van der Waals surface area (Å²) in [5.74, 6) is -0.146. The minimum absolute atomic E-state index is 0.227. The van der Waals surface area contributed by atoms with Crippen LogP contribution in [-0.4, -0.2) is 21.8 Å². The largest absolute Gasteiger partial charge is 0.455 e. The molecule has 0 radical (unpaired) electrons. The molecule has 0 amide bonds. The van der Waals surface area contributed by atoms with Gasteiger partial charge >= 0.3 is 5.97 Å². The fraction of sp³-hybridized carbons (Fsp3) is 0.353. The summed E-state index contributed by atoms with van der Waals surface area (Å²) >= 11 is 0. The van der Waals surface area contributed by atoms with Crippen molar-refractivity contribution in [1.29, 1.82) is 0 Å². The van der Waals surface area contributed by atoms with Crippen LogP contribution in [-0.2, 0) is 11.2 Å². The molecule has 1 heterocycles. The van der Waals surface area contributed by atoms with Gasteiger partial charge < -0.3 is 10.5 Å². The van der Waals surface area contributed by atoms with Crippen molar-refractivity contribution in [2.75, 3.05) is 5.73 Å². The van der Waals surface area contributed by atoms with Gasteiger partial charge in [-0.05, 0) is 44.4 Å². The van der Waals surface area contributed by atoms with Crippen LogP contribution < -0.4 is 5.73 Å². The molecule has 116 valence electrons. The smallest absolute Gasteiger partial charge is 0.359 e. The summed E-state index contributed by atoms with van der Waals surface area (Å²) in [5, 5.41) is 7.83. The Morgan fingerprint density at radius 1 is 1.18 bits per heavy atom. The number of rotatable bonds is 3. The number of anilines is 1. The van der Waals surface area contributed by atoms with E-state index in [1.807, 2.05) is 58.0 Å². The zero-order valence-corrected chi connectivity index (χ0v) is 13.4. The van der Waals surface area contributed by atoms with E-state index in [9.17, 15) is 4.79 Å². The SMILES string of the molecule is Cc1c(N)nnc(C(=O)OC(C)(C)C)c1Cc1ccccc1. The third-order valence-electron chi connectivity index (χ3n) is 3.20. The first kappa shape index (κ1) is 15.9. The Balaban J connectivity index is 2.42. The van der Waals surface area contributed by atoms with Crippen LogP contribution in [0.2, 0.25) is 0 Å². The van der Waals surface area contributed by atoms with Crippen molar-refractivity contribution in [3.05, 3.63) is 52.7 Å². The molecule has 2 rings (SSSR count). The number of carbonyl (C=O) groups excluding carboxylic acids is 1. The molecule has 5 nitrogen and oxygen atoms in total. The van der Waals surface area contributed by atoms with Crippen LogP contribution in [0.3, 0.4) is 0 Å². The van der Waals surface area contributed by atoms with Crippen LogP contribution in [0.5, 0.6) is 0 Å². The predicted octanol–water partition coefficient (Wildman–Crippen LogP) is 2.91. The Morgan fingerprint density at radius 3 is 2.41 bits per heavy atom. The summed E-state index contributed by atoms with van der Waals surface area (Å²) in [6.07, 6.45) is 0.557. The molecule has 0 aliphatic heterocycles. The molecule has 0 fully saturated rings. The maximum atomic E-state index is 12.4. The number of hydrogen-bond acceptors (Lipinski definition) is 5. The van der Waals surface area contributed by atoms with Crippen molar-refractivity contribution >= 4 is 11.8 Å². The van der Waals surface area contributed by atoms with Gasteiger partial charge in [0.2, 0.25) is 0 Å². The van der Waals surface area contributed by atoms with Gasteiger partial charge in [-0.3, -0.25) is 0 Å². The van der Waals surface area contributed by atoms with Crippen molar-refractivity contribution in [3.8, 4) is 0 Å². The second kappa shape index (κ2) is 6.13. The van der Waals surface area contributed by atoms with E-state index in [0.717, 1.165) is 16.7 Å². The summed E-state index contributed by atoms with van der Waals surface area (Å²) in [5.41, 5.74) is 8.08. The minimum Gasteiger partial charge on any atom is -0.455 e. The third kappa shape index (κ3) is 3.81. The molecule has 1 aromatic heterocycles. The highest BCUT2D eigenvalue weighted by Crippen LogP contribution is 2.22. The molecular formula is C17H21N3O2. The molecule has 1 aromatic carbocycles. The second-order valence-electron chi connectivity index (χ2n) is 6.20. The Labute approximate surface area is 130 Å². The van der Waals surface area contributed by atoms with E-state index < -0.39 is 11.6 Å². The first-order valence-electron chi connectivity index (χ1n) is 7.17. The Morgan fingerprint density at radius 2 is 1.82 bits per heavy atom. The first-order chi connectivity index (χ1) is 10.3. The molecule has 2 aromatic rings. The number of esters is 1. The van der Waals surface area contributed by atoms with Gasteiger partial charge in [-0.2, -0.15) is 0 Å². The van der Waals surface area contributed by atoms with Crippen LogP contribution in [0.25, 0.3) is 0 Å².